The lowest BCUT2D eigenvalue weighted by Crippen LogP contribution is -2.25. The van der Waals surface area contributed by atoms with Crippen molar-refractivity contribution >= 4 is 23.2 Å². The fourth-order valence-corrected chi connectivity index (χ4v) is 2.47. The SMILES string of the molecule is COCCCNC(=O)c1ccc(NCC(=O)Nc2ccc(C)c(C)c2)cc1. The summed E-state index contributed by atoms with van der Waals surface area (Å²) in [7, 11) is 1.63. The lowest BCUT2D eigenvalue weighted by molar-refractivity contribution is -0.114. The maximum atomic E-state index is 12.1. The first-order chi connectivity index (χ1) is 13.0. The summed E-state index contributed by atoms with van der Waals surface area (Å²) in [5.74, 6) is -0.247. The van der Waals surface area contributed by atoms with Gasteiger partial charge in [0.05, 0.1) is 6.54 Å². The summed E-state index contributed by atoms with van der Waals surface area (Å²) in [6.07, 6.45) is 0.775. The van der Waals surface area contributed by atoms with Crippen LogP contribution in [0.25, 0.3) is 0 Å². The molecule has 144 valence electrons. The number of aryl methyl sites for hydroxylation is 2. The lowest BCUT2D eigenvalue weighted by atomic mass is 10.1. The van der Waals surface area contributed by atoms with Gasteiger partial charge >= 0.3 is 0 Å². The first-order valence-corrected chi connectivity index (χ1v) is 8.98. The molecule has 27 heavy (non-hydrogen) atoms. The highest BCUT2D eigenvalue weighted by Crippen LogP contribution is 2.14. The van der Waals surface area contributed by atoms with Gasteiger partial charge in [-0.1, -0.05) is 6.07 Å². The standard InChI is InChI=1S/C21H27N3O3/c1-15-5-8-19(13-16(15)2)24-20(25)14-23-18-9-6-17(7-10-18)21(26)22-11-4-12-27-3/h5-10,13,23H,4,11-12,14H2,1-3H3,(H,22,26)(H,24,25). The highest BCUT2D eigenvalue weighted by Gasteiger charge is 2.06. The van der Waals surface area contributed by atoms with E-state index >= 15 is 0 Å². The van der Waals surface area contributed by atoms with Crippen molar-refractivity contribution in [1.82, 2.24) is 5.32 Å². The summed E-state index contributed by atoms with van der Waals surface area (Å²) in [6, 6.07) is 12.9. The molecule has 2 rings (SSSR count). The molecule has 0 aliphatic carbocycles. The molecular formula is C21H27N3O3. The van der Waals surface area contributed by atoms with Crippen molar-refractivity contribution in [2.24, 2.45) is 0 Å². The minimum absolute atomic E-state index is 0.120. The second-order valence-corrected chi connectivity index (χ2v) is 6.38. The van der Waals surface area contributed by atoms with E-state index < -0.39 is 0 Å². The maximum Gasteiger partial charge on any atom is 0.251 e. The third kappa shape index (κ3) is 6.75. The number of carbonyl (C=O) groups excluding carboxylic acids is 2. The summed E-state index contributed by atoms with van der Waals surface area (Å²) in [6.45, 7) is 5.39. The van der Waals surface area contributed by atoms with Gasteiger partial charge in [0.25, 0.3) is 5.91 Å². The van der Waals surface area contributed by atoms with Crippen LogP contribution in [0.3, 0.4) is 0 Å². The minimum atomic E-state index is -0.127. The zero-order valence-electron chi connectivity index (χ0n) is 16.1. The quantitative estimate of drug-likeness (QED) is 0.594. The van der Waals surface area contributed by atoms with Gasteiger partial charge < -0.3 is 20.7 Å². The molecule has 0 fully saturated rings. The molecule has 2 aromatic carbocycles. The zero-order chi connectivity index (χ0) is 19.6. The second-order valence-electron chi connectivity index (χ2n) is 6.38. The number of rotatable bonds is 9. The van der Waals surface area contributed by atoms with Crippen molar-refractivity contribution in [3.63, 3.8) is 0 Å². The lowest BCUT2D eigenvalue weighted by Gasteiger charge is -2.10. The molecule has 2 aromatic rings. The van der Waals surface area contributed by atoms with E-state index in [1.807, 2.05) is 32.0 Å². The van der Waals surface area contributed by atoms with Gasteiger partial charge in [0.1, 0.15) is 0 Å². The fourth-order valence-electron chi connectivity index (χ4n) is 2.47. The van der Waals surface area contributed by atoms with Crippen LogP contribution in [0.4, 0.5) is 11.4 Å². The Hall–Kier alpha value is -2.86. The van der Waals surface area contributed by atoms with Crippen molar-refractivity contribution in [3.8, 4) is 0 Å². The Kier molecular flexibility index (Phi) is 7.82. The van der Waals surface area contributed by atoms with Crippen LogP contribution >= 0.6 is 0 Å². The molecule has 0 aliphatic heterocycles. The van der Waals surface area contributed by atoms with Crippen molar-refractivity contribution in [1.29, 1.82) is 0 Å². The monoisotopic (exact) mass is 369 g/mol. The number of hydrogen-bond donors (Lipinski definition) is 3. The molecule has 0 saturated carbocycles. The van der Waals surface area contributed by atoms with Gasteiger partial charge in [0.15, 0.2) is 0 Å². The van der Waals surface area contributed by atoms with Crippen molar-refractivity contribution < 1.29 is 14.3 Å². The topological polar surface area (TPSA) is 79.5 Å². The number of amides is 2. The molecule has 0 bridgehead atoms. The van der Waals surface area contributed by atoms with Gasteiger partial charge in [-0.15, -0.1) is 0 Å². The fraction of sp³-hybridized carbons (Fsp3) is 0.333. The molecule has 3 N–H and O–H groups in total. The Morgan fingerprint density at radius 2 is 1.67 bits per heavy atom. The van der Waals surface area contributed by atoms with Crippen LogP contribution in [-0.4, -0.2) is 38.6 Å². The first-order valence-electron chi connectivity index (χ1n) is 8.98. The predicted molar refractivity (Wildman–Crippen MR) is 108 cm³/mol. The summed E-state index contributed by atoms with van der Waals surface area (Å²) < 4.78 is 4.95. The summed E-state index contributed by atoms with van der Waals surface area (Å²) in [4.78, 5) is 24.1. The highest BCUT2D eigenvalue weighted by atomic mass is 16.5. The van der Waals surface area contributed by atoms with E-state index in [1.54, 1.807) is 31.4 Å². The first kappa shape index (κ1) is 20.5. The van der Waals surface area contributed by atoms with Gasteiger partial charge in [-0.05, 0) is 67.8 Å². The van der Waals surface area contributed by atoms with Crippen molar-refractivity contribution in [3.05, 3.63) is 59.2 Å². The van der Waals surface area contributed by atoms with Gasteiger partial charge in [-0.3, -0.25) is 9.59 Å². The van der Waals surface area contributed by atoms with Crippen LogP contribution in [0.5, 0.6) is 0 Å². The van der Waals surface area contributed by atoms with E-state index in [0.29, 0.717) is 18.7 Å². The number of methoxy groups -OCH3 is 1. The number of ether oxygens (including phenoxy) is 1. The molecular weight excluding hydrogens is 342 g/mol. The molecule has 6 heteroatoms. The molecule has 0 aromatic heterocycles. The van der Waals surface area contributed by atoms with E-state index in [-0.39, 0.29) is 18.4 Å². The van der Waals surface area contributed by atoms with Gasteiger partial charge in [0, 0.05) is 37.2 Å². The molecule has 0 saturated heterocycles. The second kappa shape index (κ2) is 10.3. The number of anilines is 2. The summed E-state index contributed by atoms with van der Waals surface area (Å²) in [5, 5.41) is 8.76. The number of nitrogens with one attached hydrogen (secondary N) is 3. The molecule has 0 heterocycles. The number of carbonyl (C=O) groups is 2. The van der Waals surface area contributed by atoms with E-state index in [2.05, 4.69) is 16.0 Å². The van der Waals surface area contributed by atoms with E-state index in [0.717, 1.165) is 23.4 Å². The van der Waals surface area contributed by atoms with Gasteiger partial charge in [0.2, 0.25) is 5.91 Å². The Balaban J connectivity index is 1.79. The van der Waals surface area contributed by atoms with Crippen LogP contribution < -0.4 is 16.0 Å². The predicted octanol–water partition coefficient (Wildman–Crippen LogP) is 3.12. The third-order valence-corrected chi connectivity index (χ3v) is 4.20. The Morgan fingerprint density at radius 3 is 2.33 bits per heavy atom. The number of benzene rings is 2. The largest absolute Gasteiger partial charge is 0.385 e. The summed E-state index contributed by atoms with van der Waals surface area (Å²) >= 11 is 0. The Morgan fingerprint density at radius 1 is 0.963 bits per heavy atom. The van der Waals surface area contributed by atoms with E-state index in [4.69, 9.17) is 4.74 Å². The normalized spacial score (nSPS) is 10.3. The average Bonchev–Trinajstić information content (AvgIpc) is 2.67. The molecule has 2 amide bonds. The minimum Gasteiger partial charge on any atom is -0.385 e. The molecule has 0 spiro atoms. The molecule has 0 radical (unpaired) electrons. The van der Waals surface area contributed by atoms with Crippen LogP contribution in [0, 0.1) is 13.8 Å². The maximum absolute atomic E-state index is 12.1. The summed E-state index contributed by atoms with van der Waals surface area (Å²) in [5.41, 5.74) is 4.47. The van der Waals surface area contributed by atoms with Crippen LogP contribution in [0.2, 0.25) is 0 Å². The zero-order valence-corrected chi connectivity index (χ0v) is 16.1. The third-order valence-electron chi connectivity index (χ3n) is 4.20. The highest BCUT2D eigenvalue weighted by molar-refractivity contribution is 5.95. The number of hydrogen-bond acceptors (Lipinski definition) is 4. The average molecular weight is 369 g/mol. The van der Waals surface area contributed by atoms with Gasteiger partial charge in [-0.25, -0.2) is 0 Å². The smallest absolute Gasteiger partial charge is 0.251 e. The van der Waals surface area contributed by atoms with Crippen molar-refractivity contribution in [2.45, 2.75) is 20.3 Å². The van der Waals surface area contributed by atoms with Gasteiger partial charge in [-0.2, -0.15) is 0 Å². The van der Waals surface area contributed by atoms with Crippen LogP contribution in [-0.2, 0) is 9.53 Å². The van der Waals surface area contributed by atoms with Crippen LogP contribution in [0.1, 0.15) is 27.9 Å². The Bertz CT molecular complexity index is 773. The molecule has 0 atom stereocenters. The van der Waals surface area contributed by atoms with Crippen LogP contribution in [0.15, 0.2) is 42.5 Å². The van der Waals surface area contributed by atoms with Crippen molar-refractivity contribution in [2.75, 3.05) is 37.4 Å². The molecule has 0 unspecified atom stereocenters. The Labute approximate surface area is 160 Å². The molecule has 6 nitrogen and oxygen atoms in total. The van der Waals surface area contributed by atoms with E-state index in [1.165, 1.54) is 5.56 Å². The molecule has 0 aliphatic rings. The van der Waals surface area contributed by atoms with E-state index in [9.17, 15) is 9.59 Å².